The van der Waals surface area contributed by atoms with Crippen LogP contribution >= 0.6 is 0 Å². The molecular formula is C41H66O6. The van der Waals surface area contributed by atoms with Crippen LogP contribution in [0, 0.1) is 47.4 Å². The molecule has 3 N–H and O–H groups in total. The zero-order valence-electron chi connectivity index (χ0n) is 30.1. The Balaban J connectivity index is 0. The normalized spacial score (nSPS) is 11.0. The molecule has 0 aliphatic heterocycles. The van der Waals surface area contributed by atoms with Crippen molar-refractivity contribution in [3.63, 3.8) is 0 Å². The SMILES string of the molecule is CCCC[C@@H](O)C#CCCCCCCCC#CCCCC(=O)O.CCCC[C@@H](O)C#CCCCCCCCC#CCCCC(=O)OC. The lowest BCUT2D eigenvalue weighted by atomic mass is 10.1. The molecule has 0 saturated carbocycles. The van der Waals surface area contributed by atoms with Crippen LogP contribution in [0.5, 0.6) is 0 Å². The Morgan fingerprint density at radius 3 is 1.21 bits per heavy atom. The second kappa shape index (κ2) is 39.3. The number of carbonyl (C=O) groups is 2. The van der Waals surface area contributed by atoms with Gasteiger partial charge in [0.2, 0.25) is 0 Å². The largest absolute Gasteiger partial charge is 0.481 e. The van der Waals surface area contributed by atoms with Crippen LogP contribution in [0.1, 0.15) is 181 Å². The smallest absolute Gasteiger partial charge is 0.305 e. The van der Waals surface area contributed by atoms with E-state index in [0.29, 0.717) is 19.3 Å². The topological polar surface area (TPSA) is 104 Å². The summed E-state index contributed by atoms with van der Waals surface area (Å²) in [7, 11) is 1.41. The van der Waals surface area contributed by atoms with Crippen LogP contribution < -0.4 is 0 Å². The molecule has 6 nitrogen and oxygen atoms in total. The summed E-state index contributed by atoms with van der Waals surface area (Å²) in [6.45, 7) is 4.24. The molecule has 0 fully saturated rings. The fourth-order valence-electron chi connectivity index (χ4n) is 4.34. The number of aliphatic hydroxyl groups excluding tert-OH is 2. The maximum atomic E-state index is 10.9. The minimum absolute atomic E-state index is 0.156. The minimum Gasteiger partial charge on any atom is -0.481 e. The monoisotopic (exact) mass is 654 g/mol. The summed E-state index contributed by atoms with van der Waals surface area (Å²) in [4.78, 5) is 21.2. The van der Waals surface area contributed by atoms with Crippen molar-refractivity contribution >= 4 is 11.9 Å². The van der Waals surface area contributed by atoms with Gasteiger partial charge in [-0.3, -0.25) is 9.59 Å². The van der Waals surface area contributed by atoms with Crippen molar-refractivity contribution in [2.75, 3.05) is 7.11 Å². The lowest BCUT2D eigenvalue weighted by Gasteiger charge is -2.00. The zero-order valence-corrected chi connectivity index (χ0v) is 30.1. The Morgan fingerprint density at radius 1 is 0.511 bits per heavy atom. The molecule has 266 valence electrons. The molecule has 0 heterocycles. The molecule has 2 atom stereocenters. The Hall–Kier alpha value is -2.90. The minimum atomic E-state index is -0.744. The Labute approximate surface area is 288 Å². The molecule has 0 spiro atoms. The summed E-state index contributed by atoms with van der Waals surface area (Å²) in [5.74, 6) is 23.5. The number of ether oxygens (including phenoxy) is 1. The van der Waals surface area contributed by atoms with Crippen LogP contribution in [-0.4, -0.2) is 46.6 Å². The molecule has 0 aromatic heterocycles. The number of rotatable bonds is 24. The first-order valence-corrected chi connectivity index (χ1v) is 18.4. The Bertz CT molecular complexity index is 988. The predicted octanol–water partition coefficient (Wildman–Crippen LogP) is 9.15. The van der Waals surface area contributed by atoms with Crippen LogP contribution in [-0.2, 0) is 14.3 Å². The number of aliphatic hydroxyl groups is 2. The number of aliphatic carboxylic acids is 1. The van der Waals surface area contributed by atoms with Crippen molar-refractivity contribution < 1.29 is 29.6 Å². The highest BCUT2D eigenvalue weighted by Crippen LogP contribution is 2.08. The Morgan fingerprint density at radius 2 is 0.851 bits per heavy atom. The van der Waals surface area contributed by atoms with Crippen LogP contribution in [0.2, 0.25) is 0 Å². The van der Waals surface area contributed by atoms with E-state index in [1.807, 2.05) is 0 Å². The number of carboxylic acids is 1. The number of carbonyl (C=O) groups excluding carboxylic acids is 1. The second-order valence-corrected chi connectivity index (χ2v) is 11.9. The molecule has 0 saturated heterocycles. The molecule has 0 aliphatic rings. The van der Waals surface area contributed by atoms with Crippen LogP contribution in [0.4, 0.5) is 0 Å². The van der Waals surface area contributed by atoms with Crippen molar-refractivity contribution in [3.8, 4) is 47.4 Å². The van der Waals surface area contributed by atoms with E-state index in [2.05, 4.69) is 65.9 Å². The first kappa shape index (κ1) is 46.2. The third-order valence-electron chi connectivity index (χ3n) is 7.26. The van der Waals surface area contributed by atoms with Gasteiger partial charge in [-0.1, -0.05) is 89.9 Å². The molecule has 0 aromatic rings. The van der Waals surface area contributed by atoms with Gasteiger partial charge in [-0.25, -0.2) is 0 Å². The van der Waals surface area contributed by atoms with Gasteiger partial charge < -0.3 is 20.1 Å². The predicted molar refractivity (Wildman–Crippen MR) is 194 cm³/mol. The number of hydrogen-bond acceptors (Lipinski definition) is 5. The van der Waals surface area contributed by atoms with E-state index in [9.17, 15) is 19.8 Å². The van der Waals surface area contributed by atoms with E-state index in [1.54, 1.807) is 0 Å². The van der Waals surface area contributed by atoms with Crippen LogP contribution in [0.15, 0.2) is 0 Å². The van der Waals surface area contributed by atoms with Gasteiger partial charge in [0.15, 0.2) is 0 Å². The number of esters is 1. The number of hydrogen-bond donors (Lipinski definition) is 3. The molecule has 0 bridgehead atoms. The average Bonchev–Trinajstić information content (AvgIpc) is 3.06. The van der Waals surface area contributed by atoms with Crippen molar-refractivity contribution in [1.82, 2.24) is 0 Å². The van der Waals surface area contributed by atoms with E-state index in [0.717, 1.165) is 103 Å². The van der Waals surface area contributed by atoms with Gasteiger partial charge in [0, 0.05) is 51.4 Å². The van der Waals surface area contributed by atoms with E-state index in [-0.39, 0.29) is 12.4 Å². The lowest BCUT2D eigenvalue weighted by Crippen LogP contribution is -2.01. The highest BCUT2D eigenvalue weighted by molar-refractivity contribution is 5.69. The van der Waals surface area contributed by atoms with Gasteiger partial charge in [0.05, 0.1) is 7.11 Å². The van der Waals surface area contributed by atoms with Gasteiger partial charge in [-0.05, 0) is 51.4 Å². The first-order valence-electron chi connectivity index (χ1n) is 18.4. The third-order valence-corrected chi connectivity index (χ3v) is 7.26. The highest BCUT2D eigenvalue weighted by atomic mass is 16.5. The maximum Gasteiger partial charge on any atom is 0.305 e. The molecule has 6 heteroatoms. The van der Waals surface area contributed by atoms with Gasteiger partial charge in [0.1, 0.15) is 12.2 Å². The lowest BCUT2D eigenvalue weighted by molar-refractivity contribution is -0.140. The quantitative estimate of drug-likeness (QED) is 0.0545. The highest BCUT2D eigenvalue weighted by Gasteiger charge is 1.98. The van der Waals surface area contributed by atoms with E-state index in [4.69, 9.17) is 5.11 Å². The van der Waals surface area contributed by atoms with E-state index in [1.165, 1.54) is 45.6 Å². The van der Waals surface area contributed by atoms with Crippen molar-refractivity contribution in [1.29, 1.82) is 0 Å². The van der Waals surface area contributed by atoms with Crippen LogP contribution in [0.3, 0.4) is 0 Å². The summed E-state index contributed by atoms with van der Waals surface area (Å²) in [5.41, 5.74) is 0. The van der Waals surface area contributed by atoms with Gasteiger partial charge in [-0.2, -0.15) is 0 Å². The summed E-state index contributed by atoms with van der Waals surface area (Å²) < 4.78 is 4.58. The molecule has 0 amide bonds. The standard InChI is InChI=1S/C21H34O3.C20H32O3/c1-3-4-17-20(22)18-15-13-11-9-7-5-6-8-10-12-14-16-19-21(23)24-2;1-2-3-16-19(21)17-14-12-10-8-6-4-5-7-9-11-13-15-18-20(22)23/h20,22H,3-9,11,13-14,16-17,19H2,1-2H3;19,21H,2-8,10,12-13,15-16,18H2,1H3,(H,22,23)/t20-;19-/m11/s1. The van der Waals surface area contributed by atoms with Crippen molar-refractivity contribution in [2.45, 2.75) is 193 Å². The molecule has 0 radical (unpaired) electrons. The fourth-order valence-corrected chi connectivity index (χ4v) is 4.34. The van der Waals surface area contributed by atoms with Gasteiger partial charge in [0.25, 0.3) is 0 Å². The molecule has 0 aromatic carbocycles. The van der Waals surface area contributed by atoms with Crippen LogP contribution in [0.25, 0.3) is 0 Å². The molecule has 0 rings (SSSR count). The molecular weight excluding hydrogens is 588 g/mol. The molecule has 47 heavy (non-hydrogen) atoms. The summed E-state index contributed by atoms with van der Waals surface area (Å²) in [5, 5.41) is 27.6. The van der Waals surface area contributed by atoms with Gasteiger partial charge in [-0.15, -0.1) is 35.5 Å². The average molecular weight is 655 g/mol. The van der Waals surface area contributed by atoms with Crippen molar-refractivity contribution in [2.24, 2.45) is 0 Å². The summed E-state index contributed by atoms with van der Waals surface area (Å²) in [6, 6.07) is 0. The summed E-state index contributed by atoms with van der Waals surface area (Å²) >= 11 is 0. The fraction of sp³-hybridized carbons (Fsp3) is 0.756. The number of unbranched alkanes of at least 4 members (excludes halogenated alkanes) is 16. The Kier molecular flexibility index (Phi) is 38.6. The summed E-state index contributed by atoms with van der Waals surface area (Å²) in [6.07, 6.45) is 23.9. The number of methoxy groups -OCH3 is 1. The van der Waals surface area contributed by atoms with Crippen molar-refractivity contribution in [3.05, 3.63) is 0 Å². The zero-order chi connectivity index (χ0) is 35.1. The second-order valence-electron chi connectivity index (χ2n) is 11.9. The van der Waals surface area contributed by atoms with E-state index >= 15 is 0 Å². The molecule has 0 unspecified atom stereocenters. The first-order chi connectivity index (χ1) is 22.9. The van der Waals surface area contributed by atoms with Gasteiger partial charge >= 0.3 is 11.9 Å². The van der Waals surface area contributed by atoms with E-state index < -0.39 is 18.2 Å². The number of carboxylic acid groups (broad SMARTS) is 1. The maximum absolute atomic E-state index is 10.9. The molecule has 0 aliphatic carbocycles. The third kappa shape index (κ3) is 43.1.